The molecule has 1 aromatic carbocycles. The van der Waals surface area contributed by atoms with Gasteiger partial charge in [-0.2, -0.15) is 0 Å². The second kappa shape index (κ2) is 6.35. The van der Waals surface area contributed by atoms with E-state index in [1.54, 1.807) is 12.1 Å². The van der Waals surface area contributed by atoms with Crippen LogP contribution in [0.1, 0.15) is 30.0 Å². The minimum atomic E-state index is -0.205. The van der Waals surface area contributed by atoms with Crippen LogP contribution in [0.4, 0.5) is 5.69 Å². The molecular weight excluding hydrogens is 268 g/mol. The number of carbonyl (C=O) groups is 1. The molecule has 2 aromatic rings. The van der Waals surface area contributed by atoms with Crippen LogP contribution in [0.3, 0.4) is 0 Å². The van der Waals surface area contributed by atoms with Crippen LogP contribution in [0.25, 0.3) is 0 Å². The summed E-state index contributed by atoms with van der Waals surface area (Å²) in [5, 5.41) is 2.88. The van der Waals surface area contributed by atoms with Crippen molar-refractivity contribution in [2.45, 2.75) is 26.8 Å². The van der Waals surface area contributed by atoms with E-state index in [9.17, 15) is 4.79 Å². The van der Waals surface area contributed by atoms with Crippen LogP contribution in [0, 0.1) is 13.8 Å². The second-order valence-corrected chi connectivity index (χ2v) is 4.98. The molecule has 112 valence electrons. The first kappa shape index (κ1) is 15.0. The summed E-state index contributed by atoms with van der Waals surface area (Å²) >= 11 is 0. The molecule has 0 saturated heterocycles. The summed E-state index contributed by atoms with van der Waals surface area (Å²) in [6.45, 7) is 5.60. The zero-order valence-electron chi connectivity index (χ0n) is 12.5. The molecule has 1 unspecified atom stereocenters. The maximum absolute atomic E-state index is 11.9. The van der Waals surface area contributed by atoms with Gasteiger partial charge in [0.05, 0.1) is 11.7 Å². The monoisotopic (exact) mass is 288 g/mol. The minimum Gasteiger partial charge on any atom is -0.482 e. The lowest BCUT2D eigenvalue weighted by Crippen LogP contribution is -2.31. The van der Waals surface area contributed by atoms with Gasteiger partial charge < -0.3 is 20.2 Å². The molecule has 0 spiro atoms. The van der Waals surface area contributed by atoms with Crippen molar-refractivity contribution in [1.82, 2.24) is 5.32 Å². The van der Waals surface area contributed by atoms with Crippen molar-refractivity contribution in [2.24, 2.45) is 0 Å². The Morgan fingerprint density at radius 3 is 2.71 bits per heavy atom. The fraction of sp³-hybridized carbons (Fsp3) is 0.312. The van der Waals surface area contributed by atoms with E-state index in [1.807, 2.05) is 39.0 Å². The van der Waals surface area contributed by atoms with Gasteiger partial charge in [0.25, 0.3) is 5.91 Å². The Hall–Kier alpha value is -2.43. The van der Waals surface area contributed by atoms with E-state index in [0.29, 0.717) is 11.4 Å². The average Bonchev–Trinajstić information content (AvgIpc) is 2.77. The number of nitrogen functional groups attached to an aromatic ring is 1. The summed E-state index contributed by atoms with van der Waals surface area (Å²) in [6, 6.07) is 8.88. The standard InChI is InChI=1S/C16H20N2O3/c1-10-8-13(12(3)21-10)11(2)18-16(19)9-20-15-7-5-4-6-14(15)17/h4-8,11H,9,17H2,1-3H3,(H,18,19). The Balaban J connectivity index is 1.90. The quantitative estimate of drug-likeness (QED) is 0.829. The molecule has 1 aromatic heterocycles. The van der Waals surface area contributed by atoms with Crippen molar-refractivity contribution in [2.75, 3.05) is 12.3 Å². The van der Waals surface area contributed by atoms with Crippen LogP contribution < -0.4 is 15.8 Å². The van der Waals surface area contributed by atoms with Crippen LogP contribution in [-0.2, 0) is 4.79 Å². The molecular formula is C16H20N2O3. The van der Waals surface area contributed by atoms with Gasteiger partial charge in [-0.05, 0) is 39.0 Å². The average molecular weight is 288 g/mol. The number of furan rings is 1. The molecule has 0 radical (unpaired) electrons. The third kappa shape index (κ3) is 3.78. The van der Waals surface area contributed by atoms with E-state index in [-0.39, 0.29) is 18.6 Å². The van der Waals surface area contributed by atoms with Gasteiger partial charge >= 0.3 is 0 Å². The van der Waals surface area contributed by atoms with Crippen LogP contribution in [0.15, 0.2) is 34.7 Å². The molecule has 3 N–H and O–H groups in total. The van der Waals surface area contributed by atoms with Gasteiger partial charge in [0.1, 0.15) is 17.3 Å². The van der Waals surface area contributed by atoms with Crippen LogP contribution >= 0.6 is 0 Å². The van der Waals surface area contributed by atoms with Crippen molar-refractivity contribution < 1.29 is 13.9 Å². The predicted molar refractivity (Wildman–Crippen MR) is 81.1 cm³/mol. The topological polar surface area (TPSA) is 77.5 Å². The summed E-state index contributed by atoms with van der Waals surface area (Å²) < 4.78 is 10.9. The van der Waals surface area contributed by atoms with Gasteiger partial charge in [-0.3, -0.25) is 4.79 Å². The summed E-state index contributed by atoms with van der Waals surface area (Å²) in [5.41, 5.74) is 7.24. The van der Waals surface area contributed by atoms with Gasteiger partial charge in [-0.1, -0.05) is 12.1 Å². The Morgan fingerprint density at radius 2 is 2.10 bits per heavy atom. The molecule has 1 heterocycles. The number of carbonyl (C=O) groups excluding carboxylic acids is 1. The van der Waals surface area contributed by atoms with Crippen LogP contribution in [0.2, 0.25) is 0 Å². The lowest BCUT2D eigenvalue weighted by molar-refractivity contribution is -0.123. The molecule has 21 heavy (non-hydrogen) atoms. The van der Waals surface area contributed by atoms with Crippen LogP contribution in [-0.4, -0.2) is 12.5 Å². The van der Waals surface area contributed by atoms with Crippen molar-refractivity contribution in [3.8, 4) is 5.75 Å². The van der Waals surface area contributed by atoms with Gasteiger partial charge in [0.2, 0.25) is 0 Å². The third-order valence-electron chi connectivity index (χ3n) is 3.20. The normalized spacial score (nSPS) is 12.0. The number of rotatable bonds is 5. The lowest BCUT2D eigenvalue weighted by atomic mass is 10.1. The van der Waals surface area contributed by atoms with E-state index in [2.05, 4.69) is 5.32 Å². The number of benzene rings is 1. The molecule has 0 aliphatic carbocycles. The van der Waals surface area contributed by atoms with Gasteiger partial charge in [-0.25, -0.2) is 0 Å². The highest BCUT2D eigenvalue weighted by atomic mass is 16.5. The highest BCUT2D eigenvalue weighted by Gasteiger charge is 2.15. The maximum Gasteiger partial charge on any atom is 0.258 e. The first-order chi connectivity index (χ1) is 9.97. The molecule has 0 fully saturated rings. The lowest BCUT2D eigenvalue weighted by Gasteiger charge is -2.14. The molecule has 2 rings (SSSR count). The fourth-order valence-electron chi connectivity index (χ4n) is 2.20. The number of nitrogens with two attached hydrogens (primary N) is 1. The van der Waals surface area contributed by atoms with Crippen LogP contribution in [0.5, 0.6) is 5.75 Å². The first-order valence-corrected chi connectivity index (χ1v) is 6.81. The number of aryl methyl sites for hydroxylation is 2. The molecule has 0 saturated carbocycles. The fourth-order valence-corrected chi connectivity index (χ4v) is 2.20. The van der Waals surface area contributed by atoms with E-state index in [0.717, 1.165) is 17.1 Å². The van der Waals surface area contributed by atoms with Crippen molar-refractivity contribution in [3.63, 3.8) is 0 Å². The Labute approximate surface area is 124 Å². The number of amides is 1. The maximum atomic E-state index is 11.9. The highest BCUT2D eigenvalue weighted by Crippen LogP contribution is 2.22. The zero-order chi connectivity index (χ0) is 15.4. The summed E-state index contributed by atoms with van der Waals surface area (Å²) in [7, 11) is 0. The number of nitrogens with one attached hydrogen (secondary N) is 1. The smallest absolute Gasteiger partial charge is 0.258 e. The van der Waals surface area contributed by atoms with Crippen molar-refractivity contribution in [3.05, 3.63) is 47.4 Å². The zero-order valence-corrected chi connectivity index (χ0v) is 12.5. The SMILES string of the molecule is Cc1cc(C(C)NC(=O)COc2ccccc2N)c(C)o1. The summed E-state index contributed by atoms with van der Waals surface area (Å²) in [6.07, 6.45) is 0. The Kier molecular flexibility index (Phi) is 4.52. The largest absolute Gasteiger partial charge is 0.482 e. The van der Waals surface area contributed by atoms with Crippen molar-refractivity contribution in [1.29, 1.82) is 0 Å². The Morgan fingerprint density at radius 1 is 1.38 bits per heavy atom. The van der Waals surface area contributed by atoms with Crippen molar-refractivity contribution >= 4 is 11.6 Å². The predicted octanol–water partition coefficient (Wildman–Crippen LogP) is 2.73. The third-order valence-corrected chi connectivity index (χ3v) is 3.20. The Bertz CT molecular complexity index is 634. The minimum absolute atomic E-state index is 0.0750. The first-order valence-electron chi connectivity index (χ1n) is 6.81. The molecule has 0 bridgehead atoms. The van der Waals surface area contributed by atoms with E-state index in [4.69, 9.17) is 14.9 Å². The number of hydrogen-bond acceptors (Lipinski definition) is 4. The molecule has 0 aliphatic rings. The molecule has 5 nitrogen and oxygen atoms in total. The highest BCUT2D eigenvalue weighted by molar-refractivity contribution is 5.78. The molecule has 1 atom stereocenters. The van der Waals surface area contributed by atoms with E-state index < -0.39 is 0 Å². The van der Waals surface area contributed by atoms with E-state index in [1.165, 1.54) is 0 Å². The number of anilines is 1. The summed E-state index contributed by atoms with van der Waals surface area (Å²) in [5.74, 6) is 1.95. The van der Waals surface area contributed by atoms with Gasteiger partial charge in [-0.15, -0.1) is 0 Å². The summed E-state index contributed by atoms with van der Waals surface area (Å²) in [4.78, 5) is 11.9. The number of ether oxygens (including phenoxy) is 1. The van der Waals surface area contributed by atoms with E-state index >= 15 is 0 Å². The number of para-hydroxylation sites is 2. The van der Waals surface area contributed by atoms with Gasteiger partial charge in [0.15, 0.2) is 6.61 Å². The number of hydrogen-bond donors (Lipinski definition) is 2. The molecule has 5 heteroatoms. The second-order valence-electron chi connectivity index (χ2n) is 4.98. The van der Waals surface area contributed by atoms with Gasteiger partial charge in [0, 0.05) is 5.56 Å². The molecule has 0 aliphatic heterocycles. The molecule has 1 amide bonds.